The molecule has 0 radical (unpaired) electrons. The van der Waals surface area contributed by atoms with Crippen molar-refractivity contribution in [2.75, 3.05) is 7.11 Å². The Hall–Kier alpha value is -1.99. The van der Waals surface area contributed by atoms with E-state index in [1.807, 2.05) is 0 Å². The highest BCUT2D eigenvalue weighted by Gasteiger charge is 2.33. The maximum Gasteiger partial charge on any atom is 0.352 e. The van der Waals surface area contributed by atoms with E-state index in [-0.39, 0.29) is 0 Å². The van der Waals surface area contributed by atoms with Crippen LogP contribution in [-0.4, -0.2) is 17.1 Å². The van der Waals surface area contributed by atoms with Crippen molar-refractivity contribution in [1.29, 1.82) is 0 Å². The van der Waals surface area contributed by atoms with E-state index in [0.29, 0.717) is 0 Å². The number of rotatable bonds is 2. The minimum absolute atomic E-state index is 0.826. The molecule has 15 heavy (non-hydrogen) atoms. The topological polar surface area (TPSA) is 72.6 Å². The van der Waals surface area contributed by atoms with E-state index in [4.69, 9.17) is 5.11 Å². The van der Waals surface area contributed by atoms with Crippen LogP contribution in [0.15, 0.2) is 0 Å². The molecule has 0 aliphatic heterocycles. The number of methoxy groups -OCH3 is 1. The van der Waals surface area contributed by atoms with Crippen molar-refractivity contribution in [2.24, 2.45) is 0 Å². The van der Waals surface area contributed by atoms with Gasteiger partial charge >= 0.3 is 5.69 Å². The van der Waals surface area contributed by atoms with E-state index >= 15 is 0 Å². The van der Waals surface area contributed by atoms with E-state index in [9.17, 15) is 23.3 Å². The molecular formula is C7H4F3NO4. The van der Waals surface area contributed by atoms with Crippen LogP contribution in [0, 0.1) is 27.6 Å². The molecule has 0 atom stereocenters. The van der Waals surface area contributed by atoms with Gasteiger partial charge in [-0.15, -0.1) is 0 Å². The first kappa shape index (κ1) is 11.1. The van der Waals surface area contributed by atoms with E-state index in [1.54, 1.807) is 0 Å². The lowest BCUT2D eigenvalue weighted by Crippen LogP contribution is -2.02. The van der Waals surface area contributed by atoms with Crippen molar-refractivity contribution in [3.8, 4) is 11.5 Å². The fraction of sp³-hybridized carbons (Fsp3) is 0.143. The van der Waals surface area contributed by atoms with Gasteiger partial charge in [0.2, 0.25) is 23.2 Å². The van der Waals surface area contributed by atoms with Crippen molar-refractivity contribution >= 4 is 5.69 Å². The quantitative estimate of drug-likeness (QED) is 0.470. The molecule has 0 heterocycles. The summed E-state index contributed by atoms with van der Waals surface area (Å²) in [5.41, 5.74) is -1.66. The summed E-state index contributed by atoms with van der Waals surface area (Å²) in [7, 11) is 0.826. The molecule has 0 aliphatic rings. The molecule has 0 bridgehead atoms. The van der Waals surface area contributed by atoms with Crippen LogP contribution >= 0.6 is 0 Å². The number of nitro groups is 1. The molecule has 1 aromatic carbocycles. The second kappa shape index (κ2) is 3.64. The van der Waals surface area contributed by atoms with Crippen molar-refractivity contribution < 1.29 is 27.9 Å². The highest BCUT2D eigenvalue weighted by Crippen LogP contribution is 2.39. The predicted octanol–water partition coefficient (Wildman–Crippen LogP) is 1.73. The summed E-state index contributed by atoms with van der Waals surface area (Å²) < 4.78 is 42.9. The molecule has 1 rings (SSSR count). The zero-order valence-corrected chi connectivity index (χ0v) is 7.25. The van der Waals surface area contributed by atoms with Crippen LogP contribution in [0.3, 0.4) is 0 Å². The van der Waals surface area contributed by atoms with Gasteiger partial charge in [-0.2, -0.15) is 13.2 Å². The molecule has 0 fully saturated rings. The number of aromatic hydroxyl groups is 1. The minimum atomic E-state index is -1.98. The summed E-state index contributed by atoms with van der Waals surface area (Å²) in [5.74, 6) is -8.37. The largest absolute Gasteiger partial charge is 0.500 e. The molecule has 0 unspecified atom stereocenters. The fourth-order valence-corrected chi connectivity index (χ4v) is 0.961. The van der Waals surface area contributed by atoms with Gasteiger partial charge in [-0.05, 0) is 0 Å². The number of hydrogen-bond donors (Lipinski definition) is 1. The van der Waals surface area contributed by atoms with Crippen LogP contribution < -0.4 is 4.74 Å². The first-order chi connectivity index (χ1) is 6.91. The van der Waals surface area contributed by atoms with E-state index in [2.05, 4.69) is 4.74 Å². The van der Waals surface area contributed by atoms with Gasteiger partial charge in [0, 0.05) is 0 Å². The Morgan fingerprint density at radius 3 is 2.20 bits per heavy atom. The Morgan fingerprint density at radius 2 is 1.80 bits per heavy atom. The number of hydrogen-bond acceptors (Lipinski definition) is 4. The molecule has 0 saturated carbocycles. The smallest absolute Gasteiger partial charge is 0.352 e. The Labute approximate surface area is 80.9 Å². The lowest BCUT2D eigenvalue weighted by molar-refractivity contribution is -0.389. The first-order valence-corrected chi connectivity index (χ1v) is 3.49. The number of phenols is 1. The average Bonchev–Trinajstić information content (AvgIpc) is 2.16. The van der Waals surface area contributed by atoms with Gasteiger partial charge in [0.05, 0.1) is 12.0 Å². The number of ether oxygens (including phenoxy) is 1. The Morgan fingerprint density at radius 1 is 1.27 bits per heavy atom. The molecule has 5 nitrogen and oxygen atoms in total. The number of nitro benzene ring substituents is 1. The number of phenolic OH excluding ortho intramolecular Hbond substituents is 1. The summed E-state index contributed by atoms with van der Waals surface area (Å²) in [6.45, 7) is 0. The third-order valence-corrected chi connectivity index (χ3v) is 1.62. The monoisotopic (exact) mass is 223 g/mol. The second-order valence-corrected chi connectivity index (χ2v) is 2.43. The first-order valence-electron chi connectivity index (χ1n) is 3.49. The van der Waals surface area contributed by atoms with Gasteiger partial charge in [0.15, 0.2) is 5.75 Å². The summed E-state index contributed by atoms with van der Waals surface area (Å²) in [4.78, 5) is 8.74. The molecule has 0 aromatic heterocycles. The van der Waals surface area contributed by atoms with Crippen molar-refractivity contribution in [1.82, 2.24) is 0 Å². The highest BCUT2D eigenvalue weighted by molar-refractivity contribution is 5.53. The normalized spacial score (nSPS) is 10.1. The molecule has 82 valence electrons. The SMILES string of the molecule is COc1c(F)c(O)c([N+](=O)[O-])c(F)c1F. The Kier molecular flexibility index (Phi) is 2.69. The number of nitrogens with zero attached hydrogens (tertiary/aromatic N) is 1. The molecule has 0 spiro atoms. The zero-order chi connectivity index (χ0) is 11.7. The molecule has 0 aliphatic carbocycles. The average molecular weight is 223 g/mol. The minimum Gasteiger partial charge on any atom is -0.500 e. The van der Waals surface area contributed by atoms with Crippen LogP contribution in [0.25, 0.3) is 0 Å². The highest BCUT2D eigenvalue weighted by atomic mass is 19.2. The van der Waals surface area contributed by atoms with E-state index in [1.165, 1.54) is 0 Å². The third-order valence-electron chi connectivity index (χ3n) is 1.62. The lowest BCUT2D eigenvalue weighted by atomic mass is 10.2. The van der Waals surface area contributed by atoms with Crippen LogP contribution in [0.5, 0.6) is 11.5 Å². The van der Waals surface area contributed by atoms with Gasteiger partial charge in [0.25, 0.3) is 0 Å². The maximum absolute atomic E-state index is 13.0. The summed E-state index contributed by atoms with van der Waals surface area (Å²) in [6, 6.07) is 0. The predicted molar refractivity (Wildman–Crippen MR) is 41.2 cm³/mol. The van der Waals surface area contributed by atoms with Gasteiger partial charge in [0.1, 0.15) is 0 Å². The van der Waals surface area contributed by atoms with Crippen LogP contribution in [0.2, 0.25) is 0 Å². The van der Waals surface area contributed by atoms with Crippen LogP contribution in [0.4, 0.5) is 18.9 Å². The molecule has 8 heteroatoms. The zero-order valence-electron chi connectivity index (χ0n) is 7.25. The van der Waals surface area contributed by atoms with Crippen LogP contribution in [-0.2, 0) is 0 Å². The second-order valence-electron chi connectivity index (χ2n) is 2.43. The summed E-state index contributed by atoms with van der Waals surface area (Å²) >= 11 is 0. The van der Waals surface area contributed by atoms with E-state index in [0.717, 1.165) is 7.11 Å². The molecule has 1 N–H and O–H groups in total. The van der Waals surface area contributed by atoms with Gasteiger partial charge < -0.3 is 9.84 Å². The molecular weight excluding hydrogens is 219 g/mol. The molecule has 0 amide bonds. The maximum atomic E-state index is 13.0. The lowest BCUT2D eigenvalue weighted by Gasteiger charge is -2.06. The van der Waals surface area contributed by atoms with Gasteiger partial charge in [-0.3, -0.25) is 10.1 Å². The standard InChI is InChI=1S/C7H4F3NO4/c1-15-7-3(9)2(8)5(11(13)14)6(12)4(7)10/h12H,1H3. The third kappa shape index (κ3) is 1.53. The Bertz CT molecular complexity index is 406. The summed E-state index contributed by atoms with van der Waals surface area (Å²) in [6.07, 6.45) is 0. The van der Waals surface area contributed by atoms with Gasteiger partial charge in [-0.25, -0.2) is 0 Å². The molecule has 0 saturated heterocycles. The number of halogens is 3. The van der Waals surface area contributed by atoms with Gasteiger partial charge in [-0.1, -0.05) is 0 Å². The van der Waals surface area contributed by atoms with Crippen molar-refractivity contribution in [2.45, 2.75) is 0 Å². The van der Waals surface area contributed by atoms with E-state index < -0.39 is 39.6 Å². The van der Waals surface area contributed by atoms with Crippen molar-refractivity contribution in [3.05, 3.63) is 27.6 Å². The van der Waals surface area contributed by atoms with Crippen LogP contribution in [0.1, 0.15) is 0 Å². The fourth-order valence-electron chi connectivity index (χ4n) is 0.961. The summed E-state index contributed by atoms with van der Waals surface area (Å²) in [5, 5.41) is 19.1. The Balaban J connectivity index is 3.66. The number of benzene rings is 1. The molecule has 1 aromatic rings. The van der Waals surface area contributed by atoms with Crippen molar-refractivity contribution in [3.63, 3.8) is 0 Å².